The van der Waals surface area contributed by atoms with Crippen molar-refractivity contribution in [1.82, 2.24) is 0 Å². The first-order chi connectivity index (χ1) is 6.07. The molecular formula is C10H22OP2. The molecule has 0 amide bonds. The van der Waals surface area contributed by atoms with Crippen LogP contribution in [0.4, 0.5) is 0 Å². The van der Waals surface area contributed by atoms with E-state index in [0.717, 1.165) is 25.2 Å². The van der Waals surface area contributed by atoms with E-state index in [9.17, 15) is 5.11 Å². The van der Waals surface area contributed by atoms with Gasteiger partial charge in [-0.1, -0.05) is 0 Å². The van der Waals surface area contributed by atoms with Gasteiger partial charge in [0.15, 0.2) is 0 Å². The highest BCUT2D eigenvalue weighted by Crippen LogP contribution is 2.35. The van der Waals surface area contributed by atoms with E-state index < -0.39 is 5.60 Å². The molecule has 3 heteroatoms. The maximum absolute atomic E-state index is 10.1. The molecule has 1 aliphatic rings. The number of hydrogen-bond acceptors (Lipinski definition) is 1. The number of rotatable bonds is 2. The first kappa shape index (κ1) is 11.9. The Kier molecular flexibility index (Phi) is 4.63. The Balaban J connectivity index is 2.57. The highest BCUT2D eigenvalue weighted by Gasteiger charge is 2.31. The van der Waals surface area contributed by atoms with E-state index in [0.29, 0.717) is 11.8 Å². The summed E-state index contributed by atoms with van der Waals surface area (Å²) in [5.74, 6) is 1.42. The highest BCUT2D eigenvalue weighted by atomic mass is 31.0. The van der Waals surface area contributed by atoms with Crippen molar-refractivity contribution in [2.24, 2.45) is 11.8 Å². The van der Waals surface area contributed by atoms with Gasteiger partial charge in [0, 0.05) is 0 Å². The number of aliphatic hydroxyl groups is 1. The Bertz CT molecular complexity index is 143. The Labute approximate surface area is 86.5 Å². The number of hydrogen-bond donors (Lipinski definition) is 1. The summed E-state index contributed by atoms with van der Waals surface area (Å²) in [6.07, 6.45) is 6.83. The second-order valence-electron chi connectivity index (χ2n) is 4.69. The molecule has 0 aromatic rings. The normalized spacial score (nSPS) is 41.5. The molecule has 1 N–H and O–H groups in total. The van der Waals surface area contributed by atoms with Crippen molar-refractivity contribution in [1.29, 1.82) is 0 Å². The zero-order chi connectivity index (χ0) is 9.90. The lowest BCUT2D eigenvalue weighted by molar-refractivity contribution is 0.0260. The van der Waals surface area contributed by atoms with Crippen LogP contribution in [0.3, 0.4) is 0 Å². The Morgan fingerprint density at radius 1 is 1.15 bits per heavy atom. The predicted molar refractivity (Wildman–Crippen MR) is 65.2 cm³/mol. The Hall–Kier alpha value is 0.820. The average molecular weight is 220 g/mol. The molecule has 1 nitrogen and oxygen atoms in total. The minimum atomic E-state index is -0.418. The van der Waals surface area contributed by atoms with Crippen molar-refractivity contribution in [2.75, 3.05) is 12.3 Å². The van der Waals surface area contributed by atoms with Gasteiger partial charge in [0.05, 0.1) is 5.60 Å². The molecule has 1 aliphatic carbocycles. The Morgan fingerprint density at radius 3 is 1.85 bits per heavy atom. The van der Waals surface area contributed by atoms with Gasteiger partial charge in [-0.15, -0.1) is 18.5 Å². The van der Waals surface area contributed by atoms with Crippen LogP contribution in [0.2, 0.25) is 0 Å². The molecule has 0 saturated heterocycles. The standard InChI is InChI=1S/C10H22OP2/c1-10(11)4-8(6-12)2-3-9(5-10)7-13/h8-9,11H,2-7,12-13H2,1H3. The largest absolute Gasteiger partial charge is 0.390 e. The lowest BCUT2D eigenvalue weighted by Gasteiger charge is -2.26. The van der Waals surface area contributed by atoms with Crippen LogP contribution in [0, 0.1) is 11.8 Å². The molecule has 0 bridgehead atoms. The van der Waals surface area contributed by atoms with Gasteiger partial charge in [0.2, 0.25) is 0 Å². The second-order valence-corrected chi connectivity index (χ2v) is 5.63. The SMILES string of the molecule is CC1(O)CC(CP)CCC(CP)C1. The molecular weight excluding hydrogens is 198 g/mol. The van der Waals surface area contributed by atoms with Crippen molar-refractivity contribution >= 4 is 18.5 Å². The molecule has 4 atom stereocenters. The average Bonchev–Trinajstić information content (AvgIpc) is 2.23. The van der Waals surface area contributed by atoms with Crippen LogP contribution in [-0.2, 0) is 0 Å². The fraction of sp³-hybridized carbons (Fsp3) is 1.00. The van der Waals surface area contributed by atoms with Crippen LogP contribution < -0.4 is 0 Å². The molecule has 0 aromatic carbocycles. The topological polar surface area (TPSA) is 20.2 Å². The third-order valence-corrected chi connectivity index (χ3v) is 4.44. The third kappa shape index (κ3) is 3.82. The molecule has 0 aromatic heterocycles. The zero-order valence-electron chi connectivity index (χ0n) is 8.50. The molecule has 78 valence electrons. The fourth-order valence-electron chi connectivity index (χ4n) is 2.41. The maximum Gasteiger partial charge on any atom is 0.0625 e. The minimum absolute atomic E-state index is 0.418. The van der Waals surface area contributed by atoms with Crippen molar-refractivity contribution < 1.29 is 5.11 Å². The first-order valence-electron chi connectivity index (χ1n) is 5.20. The summed E-state index contributed by atoms with van der Waals surface area (Å²) in [7, 11) is 5.62. The maximum atomic E-state index is 10.1. The molecule has 1 rings (SSSR count). The van der Waals surface area contributed by atoms with E-state index in [1.165, 1.54) is 12.8 Å². The van der Waals surface area contributed by atoms with Crippen molar-refractivity contribution in [3.8, 4) is 0 Å². The van der Waals surface area contributed by atoms with Gasteiger partial charge in [-0.25, -0.2) is 0 Å². The van der Waals surface area contributed by atoms with Crippen LogP contribution >= 0.6 is 18.5 Å². The molecule has 13 heavy (non-hydrogen) atoms. The zero-order valence-corrected chi connectivity index (χ0v) is 10.8. The van der Waals surface area contributed by atoms with Crippen molar-refractivity contribution in [2.45, 2.75) is 38.2 Å². The van der Waals surface area contributed by atoms with Crippen molar-refractivity contribution in [3.63, 3.8) is 0 Å². The summed E-state index contributed by atoms with van der Waals surface area (Å²) in [5.41, 5.74) is -0.418. The van der Waals surface area contributed by atoms with Gasteiger partial charge < -0.3 is 5.11 Å². The van der Waals surface area contributed by atoms with Crippen LogP contribution in [0.1, 0.15) is 32.6 Å². The molecule has 0 aliphatic heterocycles. The fourth-order valence-corrected chi connectivity index (χ4v) is 3.21. The van der Waals surface area contributed by atoms with Gasteiger partial charge in [0.1, 0.15) is 0 Å². The molecule has 4 unspecified atom stereocenters. The van der Waals surface area contributed by atoms with Gasteiger partial charge in [0.25, 0.3) is 0 Å². The van der Waals surface area contributed by atoms with Gasteiger partial charge in [-0.05, 0) is 56.8 Å². The summed E-state index contributed by atoms with van der Waals surface area (Å²) in [6, 6.07) is 0. The van der Waals surface area contributed by atoms with Gasteiger partial charge >= 0.3 is 0 Å². The van der Waals surface area contributed by atoms with Crippen LogP contribution in [0.15, 0.2) is 0 Å². The quantitative estimate of drug-likeness (QED) is 0.559. The second kappa shape index (κ2) is 5.06. The van der Waals surface area contributed by atoms with E-state index in [1.807, 2.05) is 6.92 Å². The van der Waals surface area contributed by atoms with E-state index in [2.05, 4.69) is 18.5 Å². The van der Waals surface area contributed by atoms with E-state index >= 15 is 0 Å². The van der Waals surface area contributed by atoms with E-state index in [-0.39, 0.29) is 0 Å². The smallest absolute Gasteiger partial charge is 0.0625 e. The highest BCUT2D eigenvalue weighted by molar-refractivity contribution is 7.16. The minimum Gasteiger partial charge on any atom is -0.390 e. The van der Waals surface area contributed by atoms with Gasteiger partial charge in [-0.3, -0.25) is 0 Å². The Morgan fingerprint density at radius 2 is 1.54 bits per heavy atom. The molecule has 0 heterocycles. The van der Waals surface area contributed by atoms with Crippen LogP contribution in [-0.4, -0.2) is 23.0 Å². The molecule has 0 spiro atoms. The summed E-state index contributed by atoms with van der Waals surface area (Å²) < 4.78 is 0. The van der Waals surface area contributed by atoms with E-state index in [4.69, 9.17) is 0 Å². The molecule has 1 fully saturated rings. The lowest BCUT2D eigenvalue weighted by atomic mass is 9.90. The summed E-state index contributed by atoms with van der Waals surface area (Å²) in [5, 5.41) is 10.1. The molecule has 0 radical (unpaired) electrons. The third-order valence-electron chi connectivity index (χ3n) is 3.11. The summed E-state index contributed by atoms with van der Waals surface area (Å²) in [4.78, 5) is 0. The summed E-state index contributed by atoms with van der Waals surface area (Å²) in [6.45, 7) is 2.00. The first-order valence-corrected chi connectivity index (χ1v) is 6.83. The van der Waals surface area contributed by atoms with Crippen LogP contribution in [0.25, 0.3) is 0 Å². The molecule has 1 saturated carbocycles. The summed E-state index contributed by atoms with van der Waals surface area (Å²) >= 11 is 0. The van der Waals surface area contributed by atoms with Gasteiger partial charge in [-0.2, -0.15) is 0 Å². The lowest BCUT2D eigenvalue weighted by Crippen LogP contribution is -2.28. The van der Waals surface area contributed by atoms with E-state index in [1.54, 1.807) is 0 Å². The predicted octanol–water partition coefficient (Wildman–Crippen LogP) is 2.29. The van der Waals surface area contributed by atoms with Crippen molar-refractivity contribution in [3.05, 3.63) is 0 Å². The van der Waals surface area contributed by atoms with Crippen LogP contribution in [0.5, 0.6) is 0 Å². The monoisotopic (exact) mass is 220 g/mol.